The molecule has 202 valence electrons. The number of para-hydroxylation sites is 2. The molecule has 4 aromatic rings. The molecule has 6 rings (SSSR count). The molecule has 40 heavy (non-hydrogen) atoms. The van der Waals surface area contributed by atoms with E-state index in [-0.39, 0.29) is 23.2 Å². The number of hydrogen-bond acceptors (Lipinski definition) is 4. The summed E-state index contributed by atoms with van der Waals surface area (Å²) < 4.78 is 6.02. The van der Waals surface area contributed by atoms with Crippen molar-refractivity contribution in [3.8, 4) is 5.75 Å². The molecule has 4 heteroatoms. The fraction of sp³-hybridized carbons (Fsp3) is 0.250. The summed E-state index contributed by atoms with van der Waals surface area (Å²) in [6.45, 7) is 7.20. The van der Waals surface area contributed by atoms with Crippen LogP contribution < -0.4 is 15.4 Å². The molecule has 2 aliphatic rings. The van der Waals surface area contributed by atoms with Crippen LogP contribution in [0.5, 0.6) is 5.75 Å². The number of fused-ring (bicyclic) bond motifs is 1. The average Bonchev–Trinajstić information content (AvgIpc) is 3.13. The Balaban J connectivity index is 1.30. The molecule has 2 unspecified atom stereocenters. The van der Waals surface area contributed by atoms with E-state index < -0.39 is 0 Å². The highest BCUT2D eigenvalue weighted by Gasteiger charge is 2.36. The van der Waals surface area contributed by atoms with Crippen molar-refractivity contribution in [3.05, 3.63) is 137 Å². The number of rotatable bonds is 5. The van der Waals surface area contributed by atoms with Gasteiger partial charge in [-0.2, -0.15) is 0 Å². The molecule has 1 heterocycles. The van der Waals surface area contributed by atoms with E-state index in [1.807, 2.05) is 42.5 Å². The highest BCUT2D eigenvalue weighted by molar-refractivity contribution is 6.01. The van der Waals surface area contributed by atoms with E-state index >= 15 is 0 Å². The molecular formula is C36H36N2O2. The molecule has 0 saturated heterocycles. The van der Waals surface area contributed by atoms with Gasteiger partial charge in [0.05, 0.1) is 17.4 Å². The summed E-state index contributed by atoms with van der Waals surface area (Å²) in [5, 5.41) is 7.33. The van der Waals surface area contributed by atoms with Crippen LogP contribution in [-0.4, -0.2) is 5.78 Å². The number of hydrogen-bond donors (Lipinski definition) is 2. The first-order chi connectivity index (χ1) is 19.3. The third-order valence-corrected chi connectivity index (χ3v) is 8.02. The summed E-state index contributed by atoms with van der Waals surface area (Å²) in [4.78, 5) is 13.9. The van der Waals surface area contributed by atoms with Crippen molar-refractivity contribution in [2.75, 3.05) is 10.6 Å². The highest BCUT2D eigenvalue weighted by Crippen LogP contribution is 2.44. The van der Waals surface area contributed by atoms with Crippen LogP contribution in [0.15, 0.2) is 114 Å². The highest BCUT2D eigenvalue weighted by atomic mass is 16.5. The Bertz CT molecular complexity index is 1530. The second kappa shape index (κ2) is 10.7. The maximum Gasteiger partial charge on any atom is 0.163 e. The number of nitrogens with one attached hydrogen (secondary N) is 2. The number of anilines is 2. The van der Waals surface area contributed by atoms with Crippen molar-refractivity contribution in [3.63, 3.8) is 0 Å². The number of ether oxygens (including phenoxy) is 1. The first kappa shape index (κ1) is 25.9. The second-order valence-electron chi connectivity index (χ2n) is 11.9. The number of carbonyl (C=O) groups excluding carboxylic acids is 1. The zero-order chi connectivity index (χ0) is 27.7. The zero-order valence-electron chi connectivity index (χ0n) is 23.4. The van der Waals surface area contributed by atoms with E-state index in [2.05, 4.69) is 92.1 Å². The lowest BCUT2D eigenvalue weighted by Crippen LogP contribution is -2.27. The molecule has 0 saturated carbocycles. The molecule has 1 aliphatic carbocycles. The Morgan fingerprint density at radius 2 is 1.40 bits per heavy atom. The van der Waals surface area contributed by atoms with Crippen LogP contribution >= 0.6 is 0 Å². The van der Waals surface area contributed by atoms with Gasteiger partial charge in [0.2, 0.25) is 0 Å². The molecule has 4 nitrogen and oxygen atoms in total. The minimum Gasteiger partial charge on any atom is -0.489 e. The summed E-state index contributed by atoms with van der Waals surface area (Å²) in [6, 6.07) is 35.1. The lowest BCUT2D eigenvalue weighted by Gasteiger charge is -2.30. The van der Waals surface area contributed by atoms with Gasteiger partial charge in [0.25, 0.3) is 0 Å². The van der Waals surface area contributed by atoms with Crippen molar-refractivity contribution in [1.82, 2.24) is 0 Å². The Hall–Kier alpha value is -4.31. The topological polar surface area (TPSA) is 50.4 Å². The van der Waals surface area contributed by atoms with Gasteiger partial charge < -0.3 is 15.4 Å². The number of ketones is 1. The molecule has 1 aliphatic heterocycles. The summed E-state index contributed by atoms with van der Waals surface area (Å²) in [5.41, 5.74) is 8.62. The molecule has 0 aromatic heterocycles. The van der Waals surface area contributed by atoms with Crippen LogP contribution in [0.2, 0.25) is 0 Å². The predicted octanol–water partition coefficient (Wildman–Crippen LogP) is 8.54. The fourth-order valence-electron chi connectivity index (χ4n) is 5.73. The fourth-order valence-corrected chi connectivity index (χ4v) is 5.73. The number of carbonyl (C=O) groups is 1. The Morgan fingerprint density at radius 3 is 2.10 bits per heavy atom. The molecule has 2 N–H and O–H groups in total. The van der Waals surface area contributed by atoms with E-state index in [4.69, 9.17) is 4.74 Å². The van der Waals surface area contributed by atoms with Crippen LogP contribution in [0.4, 0.5) is 11.4 Å². The van der Waals surface area contributed by atoms with Crippen molar-refractivity contribution in [2.24, 2.45) is 0 Å². The Morgan fingerprint density at radius 1 is 0.750 bits per heavy atom. The Labute approximate surface area is 237 Å². The average molecular weight is 529 g/mol. The van der Waals surface area contributed by atoms with E-state index in [9.17, 15) is 4.79 Å². The lowest BCUT2D eigenvalue weighted by atomic mass is 9.77. The molecule has 0 bridgehead atoms. The minimum absolute atomic E-state index is 0.101. The quantitative estimate of drug-likeness (QED) is 0.272. The van der Waals surface area contributed by atoms with Gasteiger partial charge in [-0.25, -0.2) is 0 Å². The van der Waals surface area contributed by atoms with Crippen LogP contribution in [-0.2, 0) is 16.8 Å². The maximum atomic E-state index is 13.9. The van der Waals surface area contributed by atoms with Gasteiger partial charge in [-0.1, -0.05) is 99.6 Å². The normalized spacial score (nSPS) is 18.6. The van der Waals surface area contributed by atoms with E-state index in [0.717, 1.165) is 45.9 Å². The molecule has 0 spiro atoms. The Kier molecular flexibility index (Phi) is 6.93. The summed E-state index contributed by atoms with van der Waals surface area (Å²) in [6.07, 6.45) is 1.29. The van der Waals surface area contributed by atoms with Crippen molar-refractivity contribution >= 4 is 17.2 Å². The number of Topliss-reactive ketones (excluding diaryl/α,β-unsaturated/α-hetero) is 1. The SMILES string of the molecule is CC(C)(C)c1ccc(C2CC(=O)C3=C(C2)Nc2ccccc2NC3c2ccc(OCc3ccccc3)cc2)cc1. The molecule has 0 amide bonds. The van der Waals surface area contributed by atoms with Crippen LogP contribution in [0.25, 0.3) is 0 Å². The predicted molar refractivity (Wildman–Crippen MR) is 163 cm³/mol. The van der Waals surface area contributed by atoms with Crippen molar-refractivity contribution < 1.29 is 9.53 Å². The van der Waals surface area contributed by atoms with Crippen LogP contribution in [0.3, 0.4) is 0 Å². The number of allylic oxidation sites excluding steroid dienone is 1. The van der Waals surface area contributed by atoms with Gasteiger partial charge in [0, 0.05) is 17.7 Å². The van der Waals surface area contributed by atoms with Gasteiger partial charge >= 0.3 is 0 Å². The summed E-state index contributed by atoms with van der Waals surface area (Å²) in [7, 11) is 0. The van der Waals surface area contributed by atoms with E-state index in [0.29, 0.717) is 13.0 Å². The van der Waals surface area contributed by atoms with Crippen LogP contribution in [0, 0.1) is 0 Å². The standard InChI is InChI=1S/C36H36N2O2/c1-36(2,3)28-17-13-25(14-18-28)27-21-32-34(33(39)22-27)35(38-31-12-8-7-11-30(31)37-32)26-15-19-29(20-16-26)40-23-24-9-5-4-6-10-24/h4-20,27,35,37-38H,21-23H2,1-3H3. The molecule has 2 atom stereocenters. The second-order valence-corrected chi connectivity index (χ2v) is 11.9. The minimum atomic E-state index is -0.244. The van der Waals surface area contributed by atoms with Gasteiger partial charge in [0.1, 0.15) is 12.4 Å². The maximum absolute atomic E-state index is 13.9. The lowest BCUT2D eigenvalue weighted by molar-refractivity contribution is -0.116. The third-order valence-electron chi connectivity index (χ3n) is 8.02. The smallest absolute Gasteiger partial charge is 0.163 e. The molecule has 0 fully saturated rings. The summed E-state index contributed by atoms with van der Waals surface area (Å²) in [5.74, 6) is 1.14. The van der Waals surface area contributed by atoms with Gasteiger partial charge in [0.15, 0.2) is 5.78 Å². The van der Waals surface area contributed by atoms with Crippen LogP contribution in [0.1, 0.15) is 67.8 Å². The van der Waals surface area contributed by atoms with E-state index in [1.54, 1.807) is 0 Å². The molecular weight excluding hydrogens is 492 g/mol. The first-order valence-electron chi connectivity index (χ1n) is 14.1. The summed E-state index contributed by atoms with van der Waals surface area (Å²) >= 11 is 0. The molecule has 4 aromatic carbocycles. The third kappa shape index (κ3) is 5.40. The monoisotopic (exact) mass is 528 g/mol. The van der Waals surface area contributed by atoms with Crippen molar-refractivity contribution in [1.29, 1.82) is 0 Å². The van der Waals surface area contributed by atoms with E-state index in [1.165, 1.54) is 11.1 Å². The number of benzene rings is 4. The van der Waals surface area contributed by atoms with Gasteiger partial charge in [-0.05, 0) is 64.3 Å². The largest absolute Gasteiger partial charge is 0.489 e. The van der Waals surface area contributed by atoms with Crippen molar-refractivity contribution in [2.45, 2.75) is 57.6 Å². The zero-order valence-corrected chi connectivity index (χ0v) is 23.4. The van der Waals surface area contributed by atoms with Gasteiger partial charge in [-0.3, -0.25) is 4.79 Å². The first-order valence-corrected chi connectivity index (χ1v) is 14.1. The molecule has 0 radical (unpaired) electrons. The van der Waals surface area contributed by atoms with Gasteiger partial charge in [-0.15, -0.1) is 0 Å².